The van der Waals surface area contributed by atoms with E-state index in [2.05, 4.69) is 25.5 Å². The van der Waals surface area contributed by atoms with Crippen LogP contribution in [0.2, 0.25) is 0 Å². The van der Waals surface area contributed by atoms with Gasteiger partial charge in [0.2, 0.25) is 11.9 Å². The Kier molecular flexibility index (Phi) is 6.47. The van der Waals surface area contributed by atoms with E-state index in [1.807, 2.05) is 18.7 Å². The van der Waals surface area contributed by atoms with E-state index in [-0.39, 0.29) is 29.9 Å². The Bertz CT molecular complexity index is 630. The number of carbonyl (C=O) groups excluding carboxylic acids is 2. The lowest BCUT2D eigenvalue weighted by atomic mass is 10.0. The number of rotatable bonds is 4. The van der Waals surface area contributed by atoms with Crippen molar-refractivity contribution in [2.75, 3.05) is 31.1 Å². The van der Waals surface area contributed by atoms with Gasteiger partial charge in [0.1, 0.15) is 0 Å². The normalized spacial score (nSPS) is 21.2. The smallest absolute Gasteiger partial charge is 0.315 e. The molecule has 0 aliphatic carbocycles. The van der Waals surface area contributed by atoms with E-state index >= 15 is 0 Å². The van der Waals surface area contributed by atoms with E-state index in [0.29, 0.717) is 19.0 Å². The summed E-state index contributed by atoms with van der Waals surface area (Å²) in [6.07, 6.45) is 7.04. The van der Waals surface area contributed by atoms with E-state index in [0.717, 1.165) is 38.8 Å². The average Bonchev–Trinajstić information content (AvgIpc) is 2.69. The lowest BCUT2D eigenvalue weighted by Crippen LogP contribution is -2.54. The average molecular weight is 374 g/mol. The first-order valence-electron chi connectivity index (χ1n) is 9.90. The maximum absolute atomic E-state index is 12.4. The number of carbonyl (C=O) groups is 2. The summed E-state index contributed by atoms with van der Waals surface area (Å²) in [7, 11) is 0. The highest BCUT2D eigenvalue weighted by Crippen LogP contribution is 2.16. The summed E-state index contributed by atoms with van der Waals surface area (Å²) in [5.74, 6) is 0.940. The van der Waals surface area contributed by atoms with Crippen molar-refractivity contribution in [1.82, 2.24) is 25.5 Å². The highest BCUT2D eigenvalue weighted by Gasteiger charge is 2.27. The Morgan fingerprint density at radius 2 is 1.70 bits per heavy atom. The molecule has 1 unspecified atom stereocenters. The molecule has 2 aliphatic heterocycles. The van der Waals surface area contributed by atoms with Gasteiger partial charge in [-0.25, -0.2) is 14.8 Å². The van der Waals surface area contributed by atoms with Gasteiger partial charge >= 0.3 is 6.03 Å². The molecule has 0 aromatic carbocycles. The van der Waals surface area contributed by atoms with E-state index < -0.39 is 0 Å². The van der Waals surface area contributed by atoms with Crippen LogP contribution in [0.4, 0.5) is 10.7 Å². The van der Waals surface area contributed by atoms with Crippen molar-refractivity contribution in [3.63, 3.8) is 0 Å². The largest absolute Gasteiger partial charge is 0.342 e. The van der Waals surface area contributed by atoms with Crippen molar-refractivity contribution in [2.45, 2.75) is 51.6 Å². The summed E-state index contributed by atoms with van der Waals surface area (Å²) in [6.45, 7) is 6.90. The number of amides is 3. The first kappa shape index (κ1) is 19.4. The Hall–Kier alpha value is -2.38. The number of nitrogens with one attached hydrogen (secondary N) is 2. The van der Waals surface area contributed by atoms with Gasteiger partial charge in [0, 0.05) is 56.6 Å². The molecule has 2 aliphatic rings. The molecule has 1 aromatic heterocycles. The van der Waals surface area contributed by atoms with Crippen LogP contribution in [0.3, 0.4) is 0 Å². The summed E-state index contributed by atoms with van der Waals surface area (Å²) in [4.78, 5) is 37.1. The summed E-state index contributed by atoms with van der Waals surface area (Å²) < 4.78 is 0. The Morgan fingerprint density at radius 1 is 1.04 bits per heavy atom. The molecular formula is C19H30N6O2. The van der Waals surface area contributed by atoms with Crippen molar-refractivity contribution < 1.29 is 9.59 Å². The van der Waals surface area contributed by atoms with E-state index in [1.54, 1.807) is 18.5 Å². The molecule has 2 fully saturated rings. The number of piperidine rings is 2. The third kappa shape index (κ3) is 5.30. The minimum Gasteiger partial charge on any atom is -0.342 e. The highest BCUT2D eigenvalue weighted by molar-refractivity contribution is 5.78. The lowest BCUT2D eigenvalue weighted by molar-refractivity contribution is -0.135. The van der Waals surface area contributed by atoms with Crippen LogP contribution < -0.4 is 15.5 Å². The number of anilines is 1. The third-order valence-electron chi connectivity index (χ3n) is 5.23. The first-order chi connectivity index (χ1) is 13.0. The molecule has 2 saturated heterocycles. The van der Waals surface area contributed by atoms with Gasteiger partial charge < -0.3 is 20.4 Å². The molecule has 0 radical (unpaired) electrons. The van der Waals surface area contributed by atoms with Crippen molar-refractivity contribution in [3.05, 3.63) is 18.5 Å². The monoisotopic (exact) mass is 374 g/mol. The fourth-order valence-electron chi connectivity index (χ4n) is 3.75. The van der Waals surface area contributed by atoms with Crippen molar-refractivity contribution in [3.8, 4) is 0 Å². The first-order valence-corrected chi connectivity index (χ1v) is 9.90. The molecule has 3 rings (SSSR count). The zero-order valence-corrected chi connectivity index (χ0v) is 16.2. The van der Waals surface area contributed by atoms with Crippen molar-refractivity contribution >= 4 is 17.9 Å². The van der Waals surface area contributed by atoms with Gasteiger partial charge in [-0.05, 0) is 31.7 Å². The van der Waals surface area contributed by atoms with Crippen LogP contribution in [0.1, 0.15) is 39.5 Å². The topological polar surface area (TPSA) is 90.5 Å². The van der Waals surface area contributed by atoms with Gasteiger partial charge in [0.25, 0.3) is 0 Å². The fraction of sp³-hybridized carbons (Fsp3) is 0.684. The molecule has 27 heavy (non-hydrogen) atoms. The molecular weight excluding hydrogens is 344 g/mol. The van der Waals surface area contributed by atoms with Crippen molar-refractivity contribution in [1.29, 1.82) is 0 Å². The number of nitrogens with zero attached hydrogens (tertiary/aromatic N) is 4. The SMILES string of the molecule is CC(C)C(=O)N1CCC(NC(=O)NC2CCCN(c3ncccn3)C2)CC1. The van der Waals surface area contributed by atoms with Crippen LogP contribution >= 0.6 is 0 Å². The van der Waals surface area contributed by atoms with E-state index in [9.17, 15) is 9.59 Å². The predicted octanol–water partition coefficient (Wildman–Crippen LogP) is 1.39. The summed E-state index contributed by atoms with van der Waals surface area (Å²) in [6, 6.07) is 1.89. The molecule has 0 spiro atoms. The van der Waals surface area contributed by atoms with Gasteiger partial charge in [-0.15, -0.1) is 0 Å². The quantitative estimate of drug-likeness (QED) is 0.831. The zero-order chi connectivity index (χ0) is 19.2. The number of hydrogen-bond acceptors (Lipinski definition) is 5. The number of urea groups is 1. The molecule has 0 bridgehead atoms. The second-order valence-electron chi connectivity index (χ2n) is 7.71. The number of hydrogen-bond donors (Lipinski definition) is 2. The number of likely N-dealkylation sites (tertiary alicyclic amines) is 1. The predicted molar refractivity (Wildman–Crippen MR) is 103 cm³/mol. The molecule has 0 saturated carbocycles. The highest BCUT2D eigenvalue weighted by atomic mass is 16.2. The van der Waals surface area contributed by atoms with Crippen LogP contribution in [-0.2, 0) is 4.79 Å². The molecule has 3 amide bonds. The van der Waals surface area contributed by atoms with Crippen LogP contribution in [0, 0.1) is 5.92 Å². The Labute approximate surface area is 160 Å². The molecule has 1 atom stereocenters. The summed E-state index contributed by atoms with van der Waals surface area (Å²) >= 11 is 0. The van der Waals surface area contributed by atoms with Gasteiger partial charge in [0.15, 0.2) is 0 Å². The number of aromatic nitrogens is 2. The molecule has 1 aromatic rings. The Morgan fingerprint density at radius 3 is 2.37 bits per heavy atom. The zero-order valence-electron chi connectivity index (χ0n) is 16.2. The van der Waals surface area contributed by atoms with Crippen LogP contribution in [0.15, 0.2) is 18.5 Å². The van der Waals surface area contributed by atoms with E-state index in [1.165, 1.54) is 0 Å². The second-order valence-corrected chi connectivity index (χ2v) is 7.71. The molecule has 148 valence electrons. The van der Waals surface area contributed by atoms with Gasteiger partial charge in [-0.2, -0.15) is 0 Å². The summed E-state index contributed by atoms with van der Waals surface area (Å²) in [5.41, 5.74) is 0. The maximum atomic E-state index is 12.4. The van der Waals surface area contributed by atoms with E-state index in [4.69, 9.17) is 0 Å². The lowest BCUT2D eigenvalue weighted by Gasteiger charge is -2.35. The fourth-order valence-corrected chi connectivity index (χ4v) is 3.75. The van der Waals surface area contributed by atoms with Crippen LogP contribution in [0.25, 0.3) is 0 Å². The third-order valence-corrected chi connectivity index (χ3v) is 5.23. The van der Waals surface area contributed by atoms with Crippen LogP contribution in [-0.4, -0.2) is 65.1 Å². The molecule has 8 nitrogen and oxygen atoms in total. The van der Waals surface area contributed by atoms with Crippen LogP contribution in [0.5, 0.6) is 0 Å². The standard InChI is InChI=1S/C19H30N6O2/c1-14(2)17(26)24-11-6-15(7-12-24)22-19(27)23-16-5-3-10-25(13-16)18-20-8-4-9-21-18/h4,8-9,14-16H,3,5-7,10-13H2,1-2H3,(H2,22,23,27). The van der Waals surface area contributed by atoms with Gasteiger partial charge in [-0.3, -0.25) is 4.79 Å². The van der Waals surface area contributed by atoms with Gasteiger partial charge in [0.05, 0.1) is 0 Å². The minimum absolute atomic E-state index is 0.0284. The molecule has 8 heteroatoms. The Balaban J connectivity index is 1.42. The second kappa shape index (κ2) is 9.01. The summed E-state index contributed by atoms with van der Waals surface area (Å²) in [5, 5.41) is 6.16. The van der Waals surface area contributed by atoms with Gasteiger partial charge in [-0.1, -0.05) is 13.8 Å². The van der Waals surface area contributed by atoms with Crippen molar-refractivity contribution in [2.24, 2.45) is 5.92 Å². The molecule has 2 N–H and O–H groups in total. The minimum atomic E-state index is -0.121. The molecule has 3 heterocycles. The maximum Gasteiger partial charge on any atom is 0.315 e.